The summed E-state index contributed by atoms with van der Waals surface area (Å²) in [6.45, 7) is 4.14. The van der Waals surface area contributed by atoms with Crippen molar-refractivity contribution in [2.24, 2.45) is 5.41 Å². The third-order valence-electron chi connectivity index (χ3n) is 3.13. The molecule has 0 heterocycles. The number of ketones is 1. The van der Waals surface area contributed by atoms with Gasteiger partial charge in [0.15, 0.2) is 0 Å². The Balaban J connectivity index is 2.84. The summed E-state index contributed by atoms with van der Waals surface area (Å²) < 4.78 is 5.05. The number of esters is 1. The minimum absolute atomic E-state index is 0.0917. The molecule has 0 N–H and O–H groups in total. The van der Waals surface area contributed by atoms with Crippen molar-refractivity contribution in [3.8, 4) is 0 Å². The van der Waals surface area contributed by atoms with Crippen LogP contribution in [0.5, 0.6) is 0 Å². The van der Waals surface area contributed by atoms with Crippen molar-refractivity contribution in [2.45, 2.75) is 52.4 Å². The highest BCUT2D eigenvalue weighted by Crippen LogP contribution is 2.38. The average molecular weight is 212 g/mol. The molecule has 1 rings (SSSR count). The fraction of sp³-hybridized carbons (Fsp3) is 0.833. The molecule has 0 aromatic heterocycles. The Kier molecular flexibility index (Phi) is 4.30. The first-order valence-corrected chi connectivity index (χ1v) is 5.88. The van der Waals surface area contributed by atoms with Gasteiger partial charge in [0.25, 0.3) is 0 Å². The minimum Gasteiger partial charge on any atom is -0.465 e. The van der Waals surface area contributed by atoms with Gasteiger partial charge in [-0.25, -0.2) is 0 Å². The number of hydrogen-bond acceptors (Lipinski definition) is 3. The molecule has 15 heavy (non-hydrogen) atoms. The van der Waals surface area contributed by atoms with Gasteiger partial charge in [0.2, 0.25) is 0 Å². The molecule has 0 radical (unpaired) electrons. The van der Waals surface area contributed by atoms with Gasteiger partial charge in [-0.15, -0.1) is 0 Å². The van der Waals surface area contributed by atoms with Crippen molar-refractivity contribution in [2.75, 3.05) is 6.61 Å². The molecule has 1 fully saturated rings. The first-order valence-electron chi connectivity index (χ1n) is 5.88. The van der Waals surface area contributed by atoms with E-state index in [4.69, 9.17) is 4.74 Å². The van der Waals surface area contributed by atoms with Crippen LogP contribution in [-0.2, 0) is 14.3 Å². The molecule has 0 amide bonds. The molecule has 1 aliphatic carbocycles. The van der Waals surface area contributed by atoms with Crippen LogP contribution in [0.25, 0.3) is 0 Å². The average Bonchev–Trinajstić information content (AvgIpc) is 2.22. The second-order valence-corrected chi connectivity index (χ2v) is 4.18. The van der Waals surface area contributed by atoms with Gasteiger partial charge >= 0.3 is 5.97 Å². The molecule has 3 nitrogen and oxygen atoms in total. The van der Waals surface area contributed by atoms with Gasteiger partial charge in [-0.3, -0.25) is 9.59 Å². The molecule has 0 saturated heterocycles. The molecule has 86 valence electrons. The summed E-state index contributed by atoms with van der Waals surface area (Å²) >= 11 is 0. The fourth-order valence-corrected chi connectivity index (χ4v) is 2.37. The van der Waals surface area contributed by atoms with Gasteiger partial charge in [0.05, 0.1) is 6.61 Å². The lowest BCUT2D eigenvalue weighted by atomic mass is 9.70. The van der Waals surface area contributed by atoms with E-state index in [-0.39, 0.29) is 11.8 Å². The number of carbonyl (C=O) groups excluding carboxylic acids is 2. The zero-order valence-electron chi connectivity index (χ0n) is 9.67. The Hall–Kier alpha value is -0.860. The Bertz CT molecular complexity index is 243. The van der Waals surface area contributed by atoms with Gasteiger partial charge < -0.3 is 4.74 Å². The Morgan fingerprint density at radius 3 is 2.67 bits per heavy atom. The van der Waals surface area contributed by atoms with E-state index in [1.165, 1.54) is 0 Å². The van der Waals surface area contributed by atoms with Crippen molar-refractivity contribution in [3.05, 3.63) is 0 Å². The van der Waals surface area contributed by atoms with Gasteiger partial charge in [0.1, 0.15) is 11.2 Å². The molecular weight excluding hydrogens is 192 g/mol. The monoisotopic (exact) mass is 212 g/mol. The molecule has 0 aromatic rings. The lowest BCUT2D eigenvalue weighted by molar-refractivity contribution is -0.162. The van der Waals surface area contributed by atoms with Crippen LogP contribution in [0.3, 0.4) is 0 Å². The highest BCUT2D eigenvalue weighted by Gasteiger charge is 2.46. The molecule has 0 unspecified atom stereocenters. The third-order valence-corrected chi connectivity index (χ3v) is 3.13. The van der Waals surface area contributed by atoms with Crippen LogP contribution in [0.4, 0.5) is 0 Å². The smallest absolute Gasteiger partial charge is 0.319 e. The van der Waals surface area contributed by atoms with Gasteiger partial charge in [-0.05, 0) is 26.2 Å². The topological polar surface area (TPSA) is 43.4 Å². The highest BCUT2D eigenvalue weighted by molar-refractivity contribution is 6.04. The molecule has 1 aliphatic rings. The minimum atomic E-state index is -0.803. The first kappa shape index (κ1) is 12.2. The van der Waals surface area contributed by atoms with E-state index in [0.29, 0.717) is 25.9 Å². The van der Waals surface area contributed by atoms with E-state index in [1.54, 1.807) is 6.92 Å². The fourth-order valence-electron chi connectivity index (χ4n) is 2.37. The molecule has 0 bridgehead atoms. The number of rotatable bonds is 4. The van der Waals surface area contributed by atoms with Crippen LogP contribution in [0.2, 0.25) is 0 Å². The van der Waals surface area contributed by atoms with Crippen molar-refractivity contribution >= 4 is 11.8 Å². The maximum atomic E-state index is 11.9. The zero-order valence-corrected chi connectivity index (χ0v) is 9.67. The van der Waals surface area contributed by atoms with Crippen molar-refractivity contribution in [1.29, 1.82) is 0 Å². The molecule has 0 aromatic carbocycles. The largest absolute Gasteiger partial charge is 0.465 e. The number of Topliss-reactive ketones (excluding diaryl/α,β-unsaturated/α-hetero) is 1. The van der Waals surface area contributed by atoms with Crippen molar-refractivity contribution < 1.29 is 14.3 Å². The zero-order chi connectivity index (χ0) is 11.3. The predicted molar refractivity (Wildman–Crippen MR) is 57.4 cm³/mol. The van der Waals surface area contributed by atoms with Crippen LogP contribution < -0.4 is 0 Å². The van der Waals surface area contributed by atoms with E-state index >= 15 is 0 Å². The molecule has 3 heteroatoms. The maximum absolute atomic E-state index is 11.9. The van der Waals surface area contributed by atoms with E-state index in [2.05, 4.69) is 0 Å². The van der Waals surface area contributed by atoms with Gasteiger partial charge in [0, 0.05) is 6.42 Å². The van der Waals surface area contributed by atoms with Crippen LogP contribution in [0.1, 0.15) is 52.4 Å². The molecule has 0 aliphatic heterocycles. The first-order chi connectivity index (χ1) is 7.17. The van der Waals surface area contributed by atoms with Crippen LogP contribution >= 0.6 is 0 Å². The van der Waals surface area contributed by atoms with E-state index in [1.807, 2.05) is 6.92 Å². The van der Waals surface area contributed by atoms with E-state index < -0.39 is 5.41 Å². The summed E-state index contributed by atoms with van der Waals surface area (Å²) in [5, 5.41) is 0. The lowest BCUT2D eigenvalue weighted by Gasteiger charge is -2.32. The number of ether oxygens (including phenoxy) is 1. The van der Waals surface area contributed by atoms with E-state index in [0.717, 1.165) is 19.3 Å². The highest BCUT2D eigenvalue weighted by atomic mass is 16.5. The van der Waals surface area contributed by atoms with Crippen LogP contribution in [0, 0.1) is 5.41 Å². The number of carbonyl (C=O) groups is 2. The van der Waals surface area contributed by atoms with Crippen LogP contribution in [0.15, 0.2) is 0 Å². The quantitative estimate of drug-likeness (QED) is 0.531. The third kappa shape index (κ3) is 2.39. The standard InChI is InChI=1S/C12H20O3/c1-3-8-12(11(14)15-4-2)9-6-5-7-10(12)13/h3-9H2,1-2H3/t12-/m1/s1. The normalized spacial score (nSPS) is 26.4. The van der Waals surface area contributed by atoms with Crippen LogP contribution in [-0.4, -0.2) is 18.4 Å². The summed E-state index contributed by atoms with van der Waals surface area (Å²) in [7, 11) is 0. The summed E-state index contributed by atoms with van der Waals surface area (Å²) in [5.41, 5.74) is -0.803. The van der Waals surface area contributed by atoms with Crippen molar-refractivity contribution in [1.82, 2.24) is 0 Å². The lowest BCUT2D eigenvalue weighted by Crippen LogP contribution is -2.42. The second-order valence-electron chi connectivity index (χ2n) is 4.18. The Morgan fingerprint density at radius 1 is 1.40 bits per heavy atom. The second kappa shape index (κ2) is 5.29. The van der Waals surface area contributed by atoms with Gasteiger partial charge in [-0.2, -0.15) is 0 Å². The molecule has 0 spiro atoms. The summed E-state index contributed by atoms with van der Waals surface area (Å²) in [5.74, 6) is -0.203. The molecule has 1 saturated carbocycles. The van der Waals surface area contributed by atoms with Crippen molar-refractivity contribution in [3.63, 3.8) is 0 Å². The molecule has 1 atom stereocenters. The summed E-state index contributed by atoms with van der Waals surface area (Å²) in [6, 6.07) is 0. The Labute approximate surface area is 91.2 Å². The summed E-state index contributed by atoms with van der Waals surface area (Å²) in [4.78, 5) is 23.8. The predicted octanol–water partition coefficient (Wildman–Crippen LogP) is 2.48. The SMILES string of the molecule is CCC[C@@]1(C(=O)OCC)CCCCC1=O. The van der Waals surface area contributed by atoms with E-state index in [9.17, 15) is 9.59 Å². The van der Waals surface area contributed by atoms with Gasteiger partial charge in [-0.1, -0.05) is 19.8 Å². The number of hydrogen-bond donors (Lipinski definition) is 0. The maximum Gasteiger partial charge on any atom is 0.319 e. The summed E-state index contributed by atoms with van der Waals surface area (Å²) in [6.07, 6.45) is 4.60. The Morgan fingerprint density at radius 2 is 2.13 bits per heavy atom. The molecular formula is C12H20O3.